The van der Waals surface area contributed by atoms with E-state index >= 15 is 0 Å². The Morgan fingerprint density at radius 3 is 2.61 bits per heavy atom. The quantitative estimate of drug-likeness (QED) is 0.614. The van der Waals surface area contributed by atoms with Crippen molar-refractivity contribution in [2.24, 2.45) is 0 Å². The van der Waals surface area contributed by atoms with Gasteiger partial charge in [-0.2, -0.15) is 0 Å². The van der Waals surface area contributed by atoms with Crippen LogP contribution in [0.25, 0.3) is 11.1 Å². The molecule has 1 heterocycles. The Morgan fingerprint density at radius 1 is 1.07 bits per heavy atom. The van der Waals surface area contributed by atoms with Crippen LogP contribution in [0, 0.1) is 6.92 Å². The highest BCUT2D eigenvalue weighted by molar-refractivity contribution is 7.93. The van der Waals surface area contributed by atoms with Crippen molar-refractivity contribution in [2.75, 3.05) is 4.72 Å². The molecule has 4 rings (SSSR count). The standard InChI is InChI=1S/C22H24N2O2S2/c1-3-19-14-23-22(27-19)24-28(25,26)21-11-8-15(2)12-20(21)18-10-9-16-6-4-5-7-17(16)13-18/h8-14H,3-7H2,1-2H3,(H,23,24). The van der Waals surface area contributed by atoms with Crippen LogP contribution in [-0.4, -0.2) is 13.4 Å². The second kappa shape index (κ2) is 7.68. The molecule has 6 heteroatoms. The molecule has 0 aliphatic heterocycles. The van der Waals surface area contributed by atoms with E-state index < -0.39 is 10.0 Å². The average Bonchev–Trinajstić information content (AvgIpc) is 3.14. The van der Waals surface area contributed by atoms with E-state index in [1.165, 1.54) is 35.3 Å². The fourth-order valence-electron chi connectivity index (χ4n) is 3.69. The molecule has 28 heavy (non-hydrogen) atoms. The molecule has 2 aromatic carbocycles. The van der Waals surface area contributed by atoms with Gasteiger partial charge in [-0.25, -0.2) is 13.4 Å². The number of rotatable bonds is 5. The number of anilines is 1. The number of aryl methyl sites for hydroxylation is 4. The summed E-state index contributed by atoms with van der Waals surface area (Å²) < 4.78 is 29.0. The summed E-state index contributed by atoms with van der Waals surface area (Å²) in [6.07, 6.45) is 7.16. The Balaban J connectivity index is 1.76. The maximum atomic E-state index is 13.1. The molecule has 1 N–H and O–H groups in total. The van der Waals surface area contributed by atoms with Crippen LogP contribution in [0.2, 0.25) is 0 Å². The third kappa shape index (κ3) is 3.84. The number of nitrogens with one attached hydrogen (secondary N) is 1. The summed E-state index contributed by atoms with van der Waals surface area (Å²) in [5.74, 6) is 0. The summed E-state index contributed by atoms with van der Waals surface area (Å²) in [5, 5.41) is 0.411. The minimum Gasteiger partial charge on any atom is -0.255 e. The first kappa shape index (κ1) is 19.2. The molecule has 0 atom stereocenters. The Hall–Kier alpha value is -2.18. The van der Waals surface area contributed by atoms with Gasteiger partial charge in [0.25, 0.3) is 10.0 Å². The van der Waals surface area contributed by atoms with Gasteiger partial charge in [0.15, 0.2) is 5.13 Å². The van der Waals surface area contributed by atoms with Gasteiger partial charge in [-0.15, -0.1) is 11.3 Å². The second-order valence-electron chi connectivity index (χ2n) is 7.28. The lowest BCUT2D eigenvalue weighted by molar-refractivity contribution is 0.601. The number of sulfonamides is 1. The molecule has 4 nitrogen and oxygen atoms in total. The number of nitrogens with zero attached hydrogens (tertiary/aromatic N) is 1. The van der Waals surface area contributed by atoms with E-state index in [4.69, 9.17) is 0 Å². The first-order chi connectivity index (χ1) is 13.5. The van der Waals surface area contributed by atoms with Crippen LogP contribution in [0.4, 0.5) is 5.13 Å². The van der Waals surface area contributed by atoms with Gasteiger partial charge in [0.2, 0.25) is 0 Å². The normalized spacial score (nSPS) is 13.9. The van der Waals surface area contributed by atoms with Crippen molar-refractivity contribution in [3.05, 3.63) is 64.2 Å². The van der Waals surface area contributed by atoms with Crippen molar-refractivity contribution in [1.82, 2.24) is 4.98 Å². The van der Waals surface area contributed by atoms with Crippen molar-refractivity contribution in [3.63, 3.8) is 0 Å². The molecule has 0 bridgehead atoms. The Morgan fingerprint density at radius 2 is 1.86 bits per heavy atom. The Bertz CT molecular complexity index is 1120. The number of aromatic nitrogens is 1. The number of fused-ring (bicyclic) bond motifs is 1. The van der Waals surface area contributed by atoms with Crippen LogP contribution in [-0.2, 0) is 29.3 Å². The number of benzene rings is 2. The maximum absolute atomic E-state index is 13.1. The van der Waals surface area contributed by atoms with Gasteiger partial charge in [-0.05, 0) is 61.8 Å². The van der Waals surface area contributed by atoms with Gasteiger partial charge < -0.3 is 0 Å². The topological polar surface area (TPSA) is 59.1 Å². The zero-order chi connectivity index (χ0) is 19.7. The van der Waals surface area contributed by atoms with Gasteiger partial charge in [0.1, 0.15) is 0 Å². The predicted molar refractivity (Wildman–Crippen MR) is 116 cm³/mol. The predicted octanol–water partition coefficient (Wildman–Crippen LogP) is 5.36. The van der Waals surface area contributed by atoms with E-state index in [1.54, 1.807) is 12.3 Å². The van der Waals surface area contributed by atoms with E-state index in [9.17, 15) is 8.42 Å². The van der Waals surface area contributed by atoms with Crippen molar-refractivity contribution >= 4 is 26.5 Å². The van der Waals surface area contributed by atoms with Crippen LogP contribution >= 0.6 is 11.3 Å². The molecule has 1 aliphatic rings. The zero-order valence-electron chi connectivity index (χ0n) is 16.2. The van der Waals surface area contributed by atoms with Crippen LogP contribution < -0.4 is 4.72 Å². The molecular formula is C22H24N2O2S2. The smallest absolute Gasteiger partial charge is 0.255 e. The molecule has 1 aromatic heterocycles. The highest BCUT2D eigenvalue weighted by Crippen LogP contribution is 2.33. The number of hydrogen-bond donors (Lipinski definition) is 1. The maximum Gasteiger partial charge on any atom is 0.264 e. The zero-order valence-corrected chi connectivity index (χ0v) is 17.8. The van der Waals surface area contributed by atoms with Gasteiger partial charge in [0, 0.05) is 16.6 Å². The van der Waals surface area contributed by atoms with Gasteiger partial charge in [-0.3, -0.25) is 4.72 Å². The van der Waals surface area contributed by atoms with Crippen LogP contribution in [0.3, 0.4) is 0 Å². The lowest BCUT2D eigenvalue weighted by Gasteiger charge is -2.18. The molecule has 0 saturated carbocycles. The number of thiazole rings is 1. The average molecular weight is 413 g/mol. The lowest BCUT2D eigenvalue weighted by atomic mass is 9.89. The first-order valence-electron chi connectivity index (χ1n) is 9.66. The molecule has 1 aliphatic carbocycles. The Labute approximate surface area is 170 Å². The summed E-state index contributed by atoms with van der Waals surface area (Å²) in [4.78, 5) is 5.55. The summed E-state index contributed by atoms with van der Waals surface area (Å²) >= 11 is 1.38. The van der Waals surface area contributed by atoms with E-state index in [2.05, 4.69) is 27.9 Å². The third-order valence-electron chi connectivity index (χ3n) is 5.21. The summed E-state index contributed by atoms with van der Waals surface area (Å²) in [6, 6.07) is 11.9. The Kier molecular flexibility index (Phi) is 5.25. The van der Waals surface area contributed by atoms with Crippen LogP contribution in [0.5, 0.6) is 0 Å². The van der Waals surface area contributed by atoms with Gasteiger partial charge >= 0.3 is 0 Å². The van der Waals surface area contributed by atoms with Gasteiger partial charge in [-0.1, -0.05) is 42.8 Å². The lowest BCUT2D eigenvalue weighted by Crippen LogP contribution is -2.14. The molecular weight excluding hydrogens is 388 g/mol. The molecule has 146 valence electrons. The molecule has 3 aromatic rings. The fourth-order valence-corrected chi connectivity index (χ4v) is 5.90. The van der Waals surface area contributed by atoms with Crippen molar-refractivity contribution < 1.29 is 8.42 Å². The van der Waals surface area contributed by atoms with Gasteiger partial charge in [0.05, 0.1) is 4.90 Å². The van der Waals surface area contributed by atoms with E-state index in [0.717, 1.165) is 40.8 Å². The third-order valence-corrected chi connectivity index (χ3v) is 7.79. The van der Waals surface area contributed by atoms with Crippen molar-refractivity contribution in [2.45, 2.75) is 50.8 Å². The summed E-state index contributed by atoms with van der Waals surface area (Å²) in [7, 11) is -3.73. The van der Waals surface area contributed by atoms with Crippen molar-refractivity contribution in [3.8, 4) is 11.1 Å². The SMILES string of the molecule is CCc1cnc(NS(=O)(=O)c2ccc(C)cc2-c2ccc3c(c2)CCCC3)s1. The first-order valence-corrected chi connectivity index (χ1v) is 12.0. The monoisotopic (exact) mass is 412 g/mol. The number of hydrogen-bond acceptors (Lipinski definition) is 4. The molecule has 0 amide bonds. The van der Waals surface area contributed by atoms with E-state index in [1.807, 2.05) is 26.0 Å². The van der Waals surface area contributed by atoms with E-state index in [0.29, 0.717) is 10.0 Å². The molecule has 0 fully saturated rings. The van der Waals surface area contributed by atoms with Crippen molar-refractivity contribution in [1.29, 1.82) is 0 Å². The van der Waals surface area contributed by atoms with Crippen LogP contribution in [0.15, 0.2) is 47.5 Å². The fraction of sp³-hybridized carbons (Fsp3) is 0.318. The molecule has 0 spiro atoms. The molecule has 0 radical (unpaired) electrons. The van der Waals surface area contributed by atoms with Crippen LogP contribution in [0.1, 0.15) is 41.3 Å². The second-order valence-corrected chi connectivity index (χ2v) is 10.0. The van der Waals surface area contributed by atoms with E-state index in [-0.39, 0.29) is 0 Å². The summed E-state index contributed by atoms with van der Waals surface area (Å²) in [6.45, 7) is 4.01. The molecule has 0 unspecified atom stereocenters. The highest BCUT2D eigenvalue weighted by atomic mass is 32.2. The summed E-state index contributed by atoms with van der Waals surface area (Å²) in [5.41, 5.74) is 5.47. The minimum atomic E-state index is -3.73. The minimum absolute atomic E-state index is 0.294. The molecule has 0 saturated heterocycles. The highest BCUT2D eigenvalue weighted by Gasteiger charge is 2.22. The largest absolute Gasteiger partial charge is 0.264 e.